The molecule has 3 rings (SSSR count). The maximum absolute atomic E-state index is 12.4. The summed E-state index contributed by atoms with van der Waals surface area (Å²) in [4.78, 5) is 22.6. The molecule has 0 atom stereocenters. The van der Waals surface area contributed by atoms with Gasteiger partial charge in [-0.1, -0.05) is 23.7 Å². The van der Waals surface area contributed by atoms with E-state index in [1.807, 2.05) is 32.0 Å². The standard InChI is InChI=1S/C20H17ClN2O5/c1-12-4-3-5-17(13(12)2)22-20(24)19-9-7-15(28-19)11-27-18-8-6-14(23(25)26)10-16(18)21/h3-10H,11H2,1-2H3,(H,22,24). The molecule has 1 heterocycles. The molecule has 0 aliphatic carbocycles. The summed E-state index contributed by atoms with van der Waals surface area (Å²) in [5.74, 6) is 0.480. The fourth-order valence-corrected chi connectivity index (χ4v) is 2.75. The lowest BCUT2D eigenvalue weighted by Crippen LogP contribution is -2.12. The molecular weight excluding hydrogens is 384 g/mol. The number of aryl methyl sites for hydroxylation is 1. The maximum atomic E-state index is 12.4. The zero-order valence-corrected chi connectivity index (χ0v) is 15.9. The molecule has 0 radical (unpaired) electrons. The first-order valence-electron chi connectivity index (χ1n) is 8.38. The van der Waals surface area contributed by atoms with Crippen LogP contribution in [0.2, 0.25) is 5.02 Å². The number of nitrogens with zero attached hydrogens (tertiary/aromatic N) is 1. The lowest BCUT2D eigenvalue weighted by atomic mass is 10.1. The lowest BCUT2D eigenvalue weighted by molar-refractivity contribution is -0.384. The average molecular weight is 401 g/mol. The van der Waals surface area contributed by atoms with Crippen molar-refractivity contribution in [3.05, 3.63) is 86.3 Å². The largest absolute Gasteiger partial charge is 0.484 e. The van der Waals surface area contributed by atoms with E-state index in [9.17, 15) is 14.9 Å². The summed E-state index contributed by atoms with van der Waals surface area (Å²) >= 11 is 5.99. The molecule has 0 aliphatic rings. The number of rotatable bonds is 6. The van der Waals surface area contributed by atoms with Crippen LogP contribution >= 0.6 is 11.6 Å². The molecule has 0 spiro atoms. The van der Waals surface area contributed by atoms with E-state index in [1.165, 1.54) is 18.2 Å². The second kappa shape index (κ2) is 8.14. The van der Waals surface area contributed by atoms with Crippen molar-refractivity contribution in [2.45, 2.75) is 20.5 Å². The highest BCUT2D eigenvalue weighted by atomic mass is 35.5. The van der Waals surface area contributed by atoms with Gasteiger partial charge in [0.15, 0.2) is 5.76 Å². The van der Waals surface area contributed by atoms with Crippen LogP contribution in [0.25, 0.3) is 0 Å². The van der Waals surface area contributed by atoms with Gasteiger partial charge in [-0.25, -0.2) is 0 Å². The number of ether oxygens (including phenoxy) is 1. The summed E-state index contributed by atoms with van der Waals surface area (Å²) in [5, 5.41) is 13.7. The third kappa shape index (κ3) is 4.32. The van der Waals surface area contributed by atoms with E-state index in [0.717, 1.165) is 16.8 Å². The number of benzene rings is 2. The SMILES string of the molecule is Cc1cccc(NC(=O)c2ccc(COc3ccc([N+](=O)[O-])cc3Cl)o2)c1C. The minimum atomic E-state index is -0.539. The van der Waals surface area contributed by atoms with Crippen molar-refractivity contribution in [3.63, 3.8) is 0 Å². The van der Waals surface area contributed by atoms with Crippen LogP contribution in [0.1, 0.15) is 27.4 Å². The van der Waals surface area contributed by atoms with Gasteiger partial charge in [-0.05, 0) is 49.2 Å². The zero-order chi connectivity index (χ0) is 20.3. The van der Waals surface area contributed by atoms with Crippen molar-refractivity contribution in [3.8, 4) is 5.75 Å². The van der Waals surface area contributed by atoms with Crippen molar-refractivity contribution in [2.24, 2.45) is 0 Å². The van der Waals surface area contributed by atoms with Crippen LogP contribution in [0, 0.1) is 24.0 Å². The number of anilines is 1. The average Bonchev–Trinajstić information content (AvgIpc) is 3.13. The van der Waals surface area contributed by atoms with E-state index in [2.05, 4.69) is 5.32 Å². The highest BCUT2D eigenvalue weighted by molar-refractivity contribution is 6.32. The number of furan rings is 1. The minimum Gasteiger partial charge on any atom is -0.484 e. The highest BCUT2D eigenvalue weighted by Crippen LogP contribution is 2.29. The number of amides is 1. The fraction of sp³-hybridized carbons (Fsp3) is 0.150. The number of nitro benzene ring substituents is 1. The van der Waals surface area contributed by atoms with E-state index in [-0.39, 0.29) is 34.7 Å². The van der Waals surface area contributed by atoms with Gasteiger partial charge < -0.3 is 14.5 Å². The Bertz CT molecular complexity index is 1040. The molecule has 8 heteroatoms. The van der Waals surface area contributed by atoms with Gasteiger partial charge in [0.2, 0.25) is 0 Å². The number of carbonyl (C=O) groups is 1. The molecule has 7 nitrogen and oxygen atoms in total. The smallest absolute Gasteiger partial charge is 0.291 e. The summed E-state index contributed by atoms with van der Waals surface area (Å²) in [6.07, 6.45) is 0. The number of nitro groups is 1. The van der Waals surface area contributed by atoms with Gasteiger partial charge in [-0.3, -0.25) is 14.9 Å². The van der Waals surface area contributed by atoms with Crippen LogP contribution in [0.5, 0.6) is 5.75 Å². The Morgan fingerprint density at radius 2 is 2.00 bits per heavy atom. The summed E-state index contributed by atoms with van der Waals surface area (Å²) in [6.45, 7) is 3.92. The molecule has 2 aromatic carbocycles. The molecule has 0 saturated heterocycles. The maximum Gasteiger partial charge on any atom is 0.291 e. The third-order valence-corrected chi connectivity index (χ3v) is 4.53. The van der Waals surface area contributed by atoms with E-state index in [4.69, 9.17) is 20.8 Å². The van der Waals surface area contributed by atoms with Gasteiger partial charge in [0.25, 0.3) is 11.6 Å². The molecule has 0 bridgehead atoms. The predicted octanol–water partition coefficient (Wildman–Crippen LogP) is 5.29. The van der Waals surface area contributed by atoms with Crippen LogP contribution in [-0.4, -0.2) is 10.8 Å². The molecule has 144 valence electrons. The predicted molar refractivity (Wildman–Crippen MR) is 105 cm³/mol. The van der Waals surface area contributed by atoms with Crippen LogP contribution in [0.15, 0.2) is 52.9 Å². The molecular formula is C20H17ClN2O5. The van der Waals surface area contributed by atoms with Crippen molar-refractivity contribution < 1.29 is 18.9 Å². The highest BCUT2D eigenvalue weighted by Gasteiger charge is 2.15. The molecule has 0 saturated carbocycles. The van der Waals surface area contributed by atoms with Gasteiger partial charge in [0, 0.05) is 17.8 Å². The van der Waals surface area contributed by atoms with E-state index < -0.39 is 4.92 Å². The first kappa shape index (κ1) is 19.4. The molecule has 28 heavy (non-hydrogen) atoms. The molecule has 0 aliphatic heterocycles. The Morgan fingerprint density at radius 3 is 2.71 bits per heavy atom. The first-order valence-corrected chi connectivity index (χ1v) is 8.76. The van der Waals surface area contributed by atoms with Crippen LogP contribution in [0.4, 0.5) is 11.4 Å². The summed E-state index contributed by atoms with van der Waals surface area (Å²) in [5.41, 5.74) is 2.66. The number of carbonyl (C=O) groups excluding carboxylic acids is 1. The Morgan fingerprint density at radius 1 is 1.21 bits per heavy atom. The lowest BCUT2D eigenvalue weighted by Gasteiger charge is -2.09. The van der Waals surface area contributed by atoms with Crippen molar-refractivity contribution >= 4 is 28.9 Å². The van der Waals surface area contributed by atoms with Crippen molar-refractivity contribution in [2.75, 3.05) is 5.32 Å². The Hall–Kier alpha value is -3.32. The molecule has 1 aromatic heterocycles. The normalized spacial score (nSPS) is 10.5. The number of nitrogens with one attached hydrogen (secondary N) is 1. The van der Waals surface area contributed by atoms with Crippen molar-refractivity contribution in [1.29, 1.82) is 0 Å². The molecule has 1 amide bonds. The van der Waals surface area contributed by atoms with Gasteiger partial charge in [0.1, 0.15) is 18.1 Å². The van der Waals surface area contributed by atoms with Gasteiger partial charge >= 0.3 is 0 Å². The second-order valence-corrected chi connectivity index (χ2v) is 6.54. The minimum absolute atomic E-state index is 0.0221. The quantitative estimate of drug-likeness (QED) is 0.448. The molecule has 0 unspecified atom stereocenters. The topological polar surface area (TPSA) is 94.6 Å². The number of hydrogen-bond acceptors (Lipinski definition) is 5. The van der Waals surface area contributed by atoms with E-state index in [1.54, 1.807) is 12.1 Å². The Balaban J connectivity index is 1.65. The van der Waals surface area contributed by atoms with Gasteiger partial charge in [-0.15, -0.1) is 0 Å². The fourth-order valence-electron chi connectivity index (χ4n) is 2.52. The number of halogens is 1. The summed E-state index contributed by atoms with van der Waals surface area (Å²) in [6, 6.07) is 12.8. The van der Waals surface area contributed by atoms with E-state index in [0.29, 0.717) is 5.76 Å². The Labute approximate surface area is 166 Å². The summed E-state index contributed by atoms with van der Waals surface area (Å²) < 4.78 is 11.0. The van der Waals surface area contributed by atoms with Gasteiger partial charge in [-0.2, -0.15) is 0 Å². The van der Waals surface area contributed by atoms with Crippen LogP contribution in [0.3, 0.4) is 0 Å². The first-order chi connectivity index (χ1) is 13.3. The van der Waals surface area contributed by atoms with Gasteiger partial charge in [0.05, 0.1) is 9.95 Å². The van der Waals surface area contributed by atoms with Crippen LogP contribution in [-0.2, 0) is 6.61 Å². The molecule has 3 aromatic rings. The summed E-state index contributed by atoms with van der Waals surface area (Å²) in [7, 11) is 0. The number of non-ortho nitro benzene ring substituents is 1. The third-order valence-electron chi connectivity index (χ3n) is 4.23. The molecule has 1 N–H and O–H groups in total. The monoisotopic (exact) mass is 400 g/mol. The second-order valence-electron chi connectivity index (χ2n) is 6.13. The Kier molecular flexibility index (Phi) is 5.65. The number of hydrogen-bond donors (Lipinski definition) is 1. The van der Waals surface area contributed by atoms with Crippen molar-refractivity contribution in [1.82, 2.24) is 0 Å². The zero-order valence-electron chi connectivity index (χ0n) is 15.2. The van der Waals surface area contributed by atoms with Crippen LogP contribution < -0.4 is 10.1 Å². The van der Waals surface area contributed by atoms with E-state index >= 15 is 0 Å². The molecule has 0 fully saturated rings.